The van der Waals surface area contributed by atoms with Crippen LogP contribution in [-0.4, -0.2) is 0 Å². The lowest BCUT2D eigenvalue weighted by molar-refractivity contribution is 0.512. The fourth-order valence-corrected chi connectivity index (χ4v) is 2.62. The number of rotatable bonds is 15. The van der Waals surface area contributed by atoms with E-state index in [9.17, 15) is 0 Å². The molecule has 0 atom stereocenters. The summed E-state index contributed by atoms with van der Waals surface area (Å²) < 4.78 is 0. The highest BCUT2D eigenvalue weighted by atomic mass is 14.0. The van der Waals surface area contributed by atoms with Crippen molar-refractivity contribution in [2.24, 2.45) is 5.92 Å². The number of hydrogen-bond donors (Lipinski definition) is 0. The molecule has 0 amide bonds. The quantitative estimate of drug-likeness (QED) is 0.213. The van der Waals surface area contributed by atoms with Gasteiger partial charge >= 0.3 is 0 Å². The molecular weight excluding hydrogens is 240 g/mol. The molecule has 0 fully saturated rings. The van der Waals surface area contributed by atoms with Gasteiger partial charge in [0.05, 0.1) is 0 Å². The molecule has 0 nitrogen and oxygen atoms in total. The van der Waals surface area contributed by atoms with Crippen molar-refractivity contribution in [3.63, 3.8) is 0 Å². The van der Waals surface area contributed by atoms with Crippen LogP contribution in [0, 0.1) is 5.92 Å². The molecule has 0 aliphatic heterocycles. The van der Waals surface area contributed by atoms with Gasteiger partial charge in [0.1, 0.15) is 0 Å². The smallest absolute Gasteiger partial charge is 0.0351 e. The van der Waals surface area contributed by atoms with Gasteiger partial charge in [-0.3, -0.25) is 0 Å². The molecule has 0 rings (SSSR count). The Bertz CT molecular complexity index is 190. The third-order valence-electron chi connectivity index (χ3n) is 4.04. The van der Waals surface area contributed by atoms with Gasteiger partial charge in [0.25, 0.3) is 0 Å². The molecule has 0 saturated carbocycles. The highest BCUT2D eigenvalue weighted by Gasteiger charge is 1.94. The molecule has 0 spiro atoms. The highest BCUT2D eigenvalue weighted by Crippen LogP contribution is 2.12. The van der Waals surface area contributed by atoms with Crippen LogP contribution in [0.4, 0.5) is 0 Å². The normalized spacial score (nSPS) is 11.8. The SMILES string of the molecule is CCCCCCCC=CCCCCCCCCC(C)C. The van der Waals surface area contributed by atoms with Crippen LogP contribution in [0.15, 0.2) is 12.2 Å². The van der Waals surface area contributed by atoms with E-state index < -0.39 is 0 Å². The van der Waals surface area contributed by atoms with Gasteiger partial charge in [-0.25, -0.2) is 0 Å². The molecule has 0 heteroatoms. The topological polar surface area (TPSA) is 0 Å². The van der Waals surface area contributed by atoms with Gasteiger partial charge in [0.15, 0.2) is 0 Å². The van der Waals surface area contributed by atoms with E-state index in [-0.39, 0.29) is 0 Å². The maximum absolute atomic E-state index is 2.42. The molecule has 0 aromatic carbocycles. The average molecular weight is 281 g/mol. The monoisotopic (exact) mass is 280 g/mol. The van der Waals surface area contributed by atoms with Gasteiger partial charge < -0.3 is 0 Å². The van der Waals surface area contributed by atoms with Crippen molar-refractivity contribution in [1.29, 1.82) is 0 Å². The zero-order chi connectivity index (χ0) is 14.9. The van der Waals surface area contributed by atoms with Crippen LogP contribution in [0.5, 0.6) is 0 Å². The summed E-state index contributed by atoms with van der Waals surface area (Å²) in [6.45, 7) is 6.94. The summed E-state index contributed by atoms with van der Waals surface area (Å²) >= 11 is 0. The second-order valence-electron chi connectivity index (χ2n) is 6.77. The molecule has 0 aliphatic carbocycles. The molecule has 0 N–H and O–H groups in total. The number of hydrogen-bond acceptors (Lipinski definition) is 0. The van der Waals surface area contributed by atoms with Crippen LogP contribution in [0.2, 0.25) is 0 Å². The van der Waals surface area contributed by atoms with Gasteiger partial charge in [0, 0.05) is 0 Å². The zero-order valence-electron chi connectivity index (χ0n) is 14.6. The Kier molecular flexibility index (Phi) is 16.6. The lowest BCUT2D eigenvalue weighted by atomic mass is 10.0. The summed E-state index contributed by atoms with van der Waals surface area (Å²) in [6, 6.07) is 0. The summed E-state index contributed by atoms with van der Waals surface area (Å²) in [5, 5.41) is 0. The van der Waals surface area contributed by atoms with E-state index in [0.717, 1.165) is 5.92 Å². The van der Waals surface area contributed by atoms with E-state index in [1.807, 2.05) is 0 Å². The van der Waals surface area contributed by atoms with Gasteiger partial charge in [-0.2, -0.15) is 0 Å². The Morgan fingerprint density at radius 3 is 1.55 bits per heavy atom. The summed E-state index contributed by atoms with van der Waals surface area (Å²) in [5.41, 5.74) is 0. The van der Waals surface area contributed by atoms with Crippen molar-refractivity contribution in [2.45, 2.75) is 111 Å². The van der Waals surface area contributed by atoms with Gasteiger partial charge in [0.2, 0.25) is 0 Å². The first-order valence-corrected chi connectivity index (χ1v) is 9.42. The van der Waals surface area contributed by atoms with Gasteiger partial charge in [-0.05, 0) is 31.6 Å². The van der Waals surface area contributed by atoms with Crippen molar-refractivity contribution in [1.82, 2.24) is 0 Å². The van der Waals surface area contributed by atoms with Crippen molar-refractivity contribution >= 4 is 0 Å². The second-order valence-corrected chi connectivity index (χ2v) is 6.77. The first-order valence-electron chi connectivity index (χ1n) is 9.42. The van der Waals surface area contributed by atoms with Crippen molar-refractivity contribution in [3.05, 3.63) is 12.2 Å². The molecule has 0 heterocycles. The van der Waals surface area contributed by atoms with Crippen LogP contribution < -0.4 is 0 Å². The molecular formula is C20H40. The Morgan fingerprint density at radius 1 is 0.600 bits per heavy atom. The lowest BCUT2D eigenvalue weighted by Crippen LogP contribution is -1.87. The zero-order valence-corrected chi connectivity index (χ0v) is 14.6. The molecule has 20 heavy (non-hydrogen) atoms. The van der Waals surface area contributed by atoms with Crippen LogP contribution in [-0.2, 0) is 0 Å². The number of unbranched alkanes of at least 4 members (excludes halogenated alkanes) is 11. The van der Waals surface area contributed by atoms with Crippen LogP contribution >= 0.6 is 0 Å². The first-order chi connectivity index (χ1) is 9.77. The molecule has 0 radical (unpaired) electrons. The Labute approximate surface area is 129 Å². The average Bonchev–Trinajstić information content (AvgIpc) is 2.43. The largest absolute Gasteiger partial charge is 0.0885 e. The number of allylic oxidation sites excluding steroid dienone is 2. The summed E-state index contributed by atoms with van der Waals surface area (Å²) in [5.74, 6) is 0.891. The van der Waals surface area contributed by atoms with Crippen LogP contribution in [0.1, 0.15) is 111 Å². The third-order valence-corrected chi connectivity index (χ3v) is 4.04. The lowest BCUT2D eigenvalue weighted by Gasteiger charge is -2.03. The van der Waals surface area contributed by atoms with Gasteiger partial charge in [-0.15, -0.1) is 0 Å². The fourth-order valence-electron chi connectivity index (χ4n) is 2.62. The Morgan fingerprint density at radius 2 is 1.05 bits per heavy atom. The Hall–Kier alpha value is -0.260. The van der Waals surface area contributed by atoms with Crippen LogP contribution in [0.3, 0.4) is 0 Å². The van der Waals surface area contributed by atoms with Crippen molar-refractivity contribution in [3.8, 4) is 0 Å². The van der Waals surface area contributed by atoms with E-state index in [0.29, 0.717) is 0 Å². The minimum atomic E-state index is 0.891. The van der Waals surface area contributed by atoms with E-state index in [1.165, 1.54) is 89.9 Å². The fraction of sp³-hybridized carbons (Fsp3) is 0.900. The summed E-state index contributed by atoms with van der Waals surface area (Å²) in [6.07, 6.45) is 24.5. The molecule has 0 unspecified atom stereocenters. The van der Waals surface area contributed by atoms with Gasteiger partial charge in [-0.1, -0.05) is 97.1 Å². The maximum Gasteiger partial charge on any atom is -0.0351 e. The summed E-state index contributed by atoms with van der Waals surface area (Å²) in [7, 11) is 0. The maximum atomic E-state index is 2.42. The minimum absolute atomic E-state index is 0.891. The minimum Gasteiger partial charge on any atom is -0.0885 e. The van der Waals surface area contributed by atoms with E-state index in [4.69, 9.17) is 0 Å². The van der Waals surface area contributed by atoms with Crippen molar-refractivity contribution in [2.75, 3.05) is 0 Å². The van der Waals surface area contributed by atoms with E-state index in [2.05, 4.69) is 32.9 Å². The molecule has 0 bridgehead atoms. The molecule has 0 aromatic rings. The van der Waals surface area contributed by atoms with E-state index >= 15 is 0 Å². The predicted octanol–water partition coefficient (Wildman–Crippen LogP) is 7.68. The Balaban J connectivity index is 3.04. The standard InChI is InChI=1S/C20H40/c1-4-5-6-7-8-9-10-11-12-13-14-15-16-17-18-19-20(2)3/h10-11,20H,4-9,12-19H2,1-3H3. The third kappa shape index (κ3) is 17.7. The van der Waals surface area contributed by atoms with Crippen molar-refractivity contribution < 1.29 is 0 Å². The highest BCUT2D eigenvalue weighted by molar-refractivity contribution is 4.81. The summed E-state index contributed by atoms with van der Waals surface area (Å²) in [4.78, 5) is 0. The van der Waals surface area contributed by atoms with E-state index in [1.54, 1.807) is 0 Å². The molecule has 0 aromatic heterocycles. The molecule has 0 aliphatic rings. The predicted molar refractivity (Wildman–Crippen MR) is 94.3 cm³/mol. The van der Waals surface area contributed by atoms with Crippen LogP contribution in [0.25, 0.3) is 0 Å². The molecule has 120 valence electrons. The molecule has 0 saturated heterocycles. The second kappa shape index (κ2) is 16.8. The first kappa shape index (κ1) is 19.7.